The smallest absolute Gasteiger partial charge is 0.308 e. The molecule has 1 saturated heterocycles. The van der Waals surface area contributed by atoms with E-state index in [4.69, 9.17) is 0 Å². The molecule has 2 amide bonds. The molecule has 0 bridgehead atoms. The number of nitrogens with zero attached hydrogens (tertiary/aromatic N) is 2. The van der Waals surface area contributed by atoms with Gasteiger partial charge in [-0.1, -0.05) is 24.3 Å². The molecule has 3 unspecified atom stereocenters. The first kappa shape index (κ1) is 18.2. The monoisotopic (exact) mass is 356 g/mol. The predicted molar refractivity (Wildman–Crippen MR) is 96.9 cm³/mol. The maximum atomic E-state index is 13.0. The highest BCUT2D eigenvalue weighted by Crippen LogP contribution is 2.34. The van der Waals surface area contributed by atoms with Crippen LogP contribution < -0.4 is 0 Å². The number of carboxylic acids is 1. The van der Waals surface area contributed by atoms with Crippen LogP contribution in [-0.2, 0) is 14.4 Å². The van der Waals surface area contributed by atoms with Gasteiger partial charge in [0.25, 0.3) is 0 Å². The zero-order chi connectivity index (χ0) is 18.8. The van der Waals surface area contributed by atoms with Crippen LogP contribution in [0.25, 0.3) is 6.08 Å². The van der Waals surface area contributed by atoms with Crippen LogP contribution in [0, 0.1) is 5.92 Å². The Bertz CT molecular complexity index is 758. The lowest BCUT2D eigenvalue weighted by atomic mass is 9.90. The van der Waals surface area contributed by atoms with Crippen LogP contribution in [0.15, 0.2) is 30.5 Å². The summed E-state index contributed by atoms with van der Waals surface area (Å²) in [6.45, 7) is 3.67. The molecule has 0 saturated carbocycles. The van der Waals surface area contributed by atoms with Crippen LogP contribution in [0.4, 0.5) is 0 Å². The predicted octanol–water partition coefficient (Wildman–Crippen LogP) is 2.66. The maximum absolute atomic E-state index is 13.0. The third-order valence-electron chi connectivity index (χ3n) is 5.39. The standard InChI is InChI=1S/C20H24N2O4/c1-13-7-8-16(20(25)26)12-22(13)19(24)11-18-17-6-4-3-5-15(17)9-10-21(18)14(2)23/h3-6,9-10,13,16,18H,7-8,11-12H2,1-2H3,(H,25,26). The Balaban J connectivity index is 1.83. The van der Waals surface area contributed by atoms with Gasteiger partial charge in [0.15, 0.2) is 0 Å². The zero-order valence-corrected chi connectivity index (χ0v) is 15.1. The topological polar surface area (TPSA) is 77.9 Å². The highest BCUT2D eigenvalue weighted by Gasteiger charge is 2.35. The second-order valence-corrected chi connectivity index (χ2v) is 7.10. The number of hydrogen-bond acceptors (Lipinski definition) is 3. The van der Waals surface area contributed by atoms with Crippen LogP contribution in [0.5, 0.6) is 0 Å². The SMILES string of the molecule is CC(=O)N1C=Cc2ccccc2C1CC(=O)N1CC(C(=O)O)CCC1C. The van der Waals surface area contributed by atoms with Gasteiger partial charge in [0, 0.05) is 25.7 Å². The number of benzene rings is 1. The first-order valence-electron chi connectivity index (χ1n) is 8.96. The minimum atomic E-state index is -0.856. The molecule has 0 spiro atoms. The molecule has 2 aliphatic heterocycles. The molecule has 0 aliphatic carbocycles. The lowest BCUT2D eigenvalue weighted by molar-refractivity contribution is -0.147. The summed E-state index contributed by atoms with van der Waals surface area (Å²) in [6, 6.07) is 7.38. The number of rotatable bonds is 3. The lowest BCUT2D eigenvalue weighted by Crippen LogP contribution is -2.48. The number of carboxylic acid groups (broad SMARTS) is 1. The van der Waals surface area contributed by atoms with Gasteiger partial charge in [0.05, 0.1) is 18.4 Å². The van der Waals surface area contributed by atoms with Gasteiger partial charge in [-0.25, -0.2) is 0 Å². The summed E-state index contributed by atoms with van der Waals surface area (Å²) >= 11 is 0. The molecule has 1 aromatic carbocycles. The van der Waals surface area contributed by atoms with Gasteiger partial charge < -0.3 is 14.9 Å². The zero-order valence-electron chi connectivity index (χ0n) is 15.1. The molecule has 0 aromatic heterocycles. The van der Waals surface area contributed by atoms with E-state index in [1.165, 1.54) is 6.92 Å². The molecule has 2 heterocycles. The molecular weight excluding hydrogens is 332 g/mol. The van der Waals surface area contributed by atoms with Gasteiger partial charge in [-0.3, -0.25) is 14.4 Å². The van der Waals surface area contributed by atoms with Gasteiger partial charge in [-0.15, -0.1) is 0 Å². The molecule has 1 aromatic rings. The van der Waals surface area contributed by atoms with Crippen molar-refractivity contribution in [3.63, 3.8) is 0 Å². The Morgan fingerprint density at radius 1 is 1.19 bits per heavy atom. The molecular formula is C20H24N2O4. The number of aliphatic carboxylic acids is 1. The van der Waals surface area contributed by atoms with Gasteiger partial charge >= 0.3 is 5.97 Å². The summed E-state index contributed by atoms with van der Waals surface area (Å²) < 4.78 is 0. The minimum Gasteiger partial charge on any atom is -0.481 e. The van der Waals surface area contributed by atoms with Crippen molar-refractivity contribution in [2.75, 3.05) is 6.54 Å². The second kappa shape index (κ2) is 7.32. The fraction of sp³-hybridized carbons (Fsp3) is 0.450. The van der Waals surface area contributed by atoms with Crippen LogP contribution in [-0.4, -0.2) is 45.3 Å². The van der Waals surface area contributed by atoms with E-state index in [0.717, 1.165) is 11.1 Å². The number of likely N-dealkylation sites (tertiary alicyclic amines) is 1. The highest BCUT2D eigenvalue weighted by atomic mass is 16.4. The van der Waals surface area contributed by atoms with Crippen LogP contribution in [0.2, 0.25) is 0 Å². The molecule has 2 aliphatic rings. The van der Waals surface area contributed by atoms with Crippen molar-refractivity contribution in [1.82, 2.24) is 9.80 Å². The Morgan fingerprint density at radius 3 is 2.62 bits per heavy atom. The van der Waals surface area contributed by atoms with Gasteiger partial charge in [0.1, 0.15) is 0 Å². The van der Waals surface area contributed by atoms with E-state index < -0.39 is 11.9 Å². The Labute approximate surface area is 153 Å². The van der Waals surface area contributed by atoms with E-state index in [2.05, 4.69) is 0 Å². The molecule has 3 atom stereocenters. The molecule has 138 valence electrons. The third kappa shape index (κ3) is 3.49. The van der Waals surface area contributed by atoms with Gasteiger partial charge in [-0.05, 0) is 37.0 Å². The van der Waals surface area contributed by atoms with Crippen molar-refractivity contribution >= 4 is 23.9 Å². The number of piperidine rings is 1. The number of fused-ring (bicyclic) bond motifs is 1. The molecule has 1 N–H and O–H groups in total. The number of amides is 2. The van der Waals surface area contributed by atoms with E-state index in [-0.39, 0.29) is 36.9 Å². The molecule has 6 heteroatoms. The first-order chi connectivity index (χ1) is 12.4. The molecule has 0 radical (unpaired) electrons. The van der Waals surface area contributed by atoms with E-state index in [1.54, 1.807) is 16.0 Å². The van der Waals surface area contributed by atoms with E-state index in [0.29, 0.717) is 12.8 Å². The van der Waals surface area contributed by atoms with Crippen molar-refractivity contribution in [2.45, 2.75) is 45.2 Å². The van der Waals surface area contributed by atoms with Crippen molar-refractivity contribution in [2.24, 2.45) is 5.92 Å². The number of hydrogen-bond donors (Lipinski definition) is 1. The minimum absolute atomic E-state index is 0.0123. The molecule has 1 fully saturated rings. The Hall–Kier alpha value is -2.63. The molecule has 26 heavy (non-hydrogen) atoms. The fourth-order valence-electron chi connectivity index (χ4n) is 3.85. The lowest BCUT2D eigenvalue weighted by Gasteiger charge is -2.39. The quantitative estimate of drug-likeness (QED) is 0.903. The average Bonchev–Trinajstić information content (AvgIpc) is 2.61. The second-order valence-electron chi connectivity index (χ2n) is 7.10. The van der Waals surface area contributed by atoms with Crippen molar-refractivity contribution in [3.05, 3.63) is 41.6 Å². The normalized spacial score (nSPS) is 24.9. The van der Waals surface area contributed by atoms with E-state index in [9.17, 15) is 19.5 Å². The number of carbonyl (C=O) groups excluding carboxylic acids is 2. The summed E-state index contributed by atoms with van der Waals surface area (Å²) in [4.78, 5) is 39.6. The van der Waals surface area contributed by atoms with Crippen molar-refractivity contribution < 1.29 is 19.5 Å². The largest absolute Gasteiger partial charge is 0.481 e. The van der Waals surface area contributed by atoms with Crippen LogP contribution in [0.1, 0.15) is 50.3 Å². The van der Waals surface area contributed by atoms with Gasteiger partial charge in [0.2, 0.25) is 11.8 Å². The third-order valence-corrected chi connectivity index (χ3v) is 5.39. The summed E-state index contributed by atoms with van der Waals surface area (Å²) in [5.74, 6) is -1.60. The summed E-state index contributed by atoms with van der Waals surface area (Å²) in [5, 5.41) is 9.29. The van der Waals surface area contributed by atoms with Crippen LogP contribution >= 0.6 is 0 Å². The summed E-state index contributed by atoms with van der Waals surface area (Å²) in [6.07, 6.45) is 5.02. The fourth-order valence-corrected chi connectivity index (χ4v) is 3.85. The van der Waals surface area contributed by atoms with Crippen LogP contribution in [0.3, 0.4) is 0 Å². The van der Waals surface area contributed by atoms with Crippen molar-refractivity contribution in [1.29, 1.82) is 0 Å². The Kier molecular flexibility index (Phi) is 5.11. The van der Waals surface area contributed by atoms with E-state index >= 15 is 0 Å². The summed E-state index contributed by atoms with van der Waals surface area (Å²) in [7, 11) is 0. The van der Waals surface area contributed by atoms with Crippen molar-refractivity contribution in [3.8, 4) is 0 Å². The maximum Gasteiger partial charge on any atom is 0.308 e. The van der Waals surface area contributed by atoms with Gasteiger partial charge in [-0.2, -0.15) is 0 Å². The first-order valence-corrected chi connectivity index (χ1v) is 8.96. The Morgan fingerprint density at radius 2 is 1.92 bits per heavy atom. The number of carbonyl (C=O) groups is 3. The molecule has 3 rings (SSSR count). The van der Waals surface area contributed by atoms with E-state index in [1.807, 2.05) is 37.3 Å². The molecule has 6 nitrogen and oxygen atoms in total. The summed E-state index contributed by atoms with van der Waals surface area (Å²) in [5.41, 5.74) is 1.94. The average molecular weight is 356 g/mol. The highest BCUT2D eigenvalue weighted by molar-refractivity contribution is 5.82.